The van der Waals surface area contributed by atoms with E-state index in [0.29, 0.717) is 0 Å². The third-order valence-corrected chi connectivity index (χ3v) is 1.93. The van der Waals surface area contributed by atoms with Gasteiger partial charge in [0.25, 0.3) is 0 Å². The van der Waals surface area contributed by atoms with Gasteiger partial charge in [-0.25, -0.2) is 9.78 Å². The average molecular weight is 200 g/mol. The zero-order chi connectivity index (χ0) is 9.84. The Bertz CT molecular complexity index is 325. The summed E-state index contributed by atoms with van der Waals surface area (Å²) in [7, 11) is 0. The highest BCUT2D eigenvalue weighted by Gasteiger charge is 2.09. The molecule has 0 radical (unpaired) electrons. The fourth-order valence-corrected chi connectivity index (χ4v) is 1.28. The molecular weight excluding hydrogens is 190 g/mol. The van der Waals surface area contributed by atoms with Crippen molar-refractivity contribution < 1.29 is 9.90 Å². The molecular formula is C9H10ClNO2. The van der Waals surface area contributed by atoms with Crippen molar-refractivity contribution in [3.8, 4) is 0 Å². The Morgan fingerprint density at radius 2 is 2.31 bits per heavy atom. The van der Waals surface area contributed by atoms with Gasteiger partial charge in [0, 0.05) is 5.69 Å². The average Bonchev–Trinajstić information content (AvgIpc) is 2.04. The van der Waals surface area contributed by atoms with Crippen LogP contribution < -0.4 is 0 Å². The van der Waals surface area contributed by atoms with E-state index >= 15 is 0 Å². The molecule has 70 valence electrons. The van der Waals surface area contributed by atoms with Gasteiger partial charge >= 0.3 is 5.97 Å². The standard InChI is InChI=1S/C9H10ClNO2/c1-2-3-6-4-5-7(9(12)13)8(10)11-6/h4-5H,2-3H2,1H3,(H,12,13). The third kappa shape index (κ3) is 2.42. The molecule has 1 heterocycles. The first-order chi connectivity index (χ1) is 6.15. The lowest BCUT2D eigenvalue weighted by Gasteiger charge is -2.01. The van der Waals surface area contributed by atoms with Gasteiger partial charge in [0.05, 0.1) is 5.56 Å². The molecule has 0 atom stereocenters. The highest BCUT2D eigenvalue weighted by atomic mass is 35.5. The molecule has 1 rings (SSSR count). The molecule has 3 nitrogen and oxygen atoms in total. The Morgan fingerprint density at radius 3 is 2.77 bits per heavy atom. The van der Waals surface area contributed by atoms with E-state index in [1.54, 1.807) is 6.07 Å². The zero-order valence-electron chi connectivity index (χ0n) is 7.25. The van der Waals surface area contributed by atoms with Crippen molar-refractivity contribution in [1.29, 1.82) is 0 Å². The number of carboxylic acid groups (broad SMARTS) is 1. The van der Waals surface area contributed by atoms with Crippen LogP contribution in [0, 0.1) is 0 Å². The topological polar surface area (TPSA) is 50.2 Å². The highest BCUT2D eigenvalue weighted by molar-refractivity contribution is 6.32. The molecule has 1 N–H and O–H groups in total. The molecule has 0 saturated heterocycles. The van der Waals surface area contributed by atoms with Gasteiger partial charge in [-0.15, -0.1) is 0 Å². The molecule has 0 aliphatic heterocycles. The molecule has 1 aromatic rings. The second kappa shape index (κ2) is 4.23. The number of halogens is 1. The molecule has 0 fully saturated rings. The maximum absolute atomic E-state index is 10.6. The first kappa shape index (κ1) is 9.99. The quantitative estimate of drug-likeness (QED) is 0.761. The molecule has 1 aromatic heterocycles. The van der Waals surface area contributed by atoms with Crippen LogP contribution in [0.25, 0.3) is 0 Å². The molecule has 0 amide bonds. The number of nitrogens with zero attached hydrogens (tertiary/aromatic N) is 1. The van der Waals surface area contributed by atoms with Crippen molar-refractivity contribution in [2.24, 2.45) is 0 Å². The summed E-state index contributed by atoms with van der Waals surface area (Å²) in [5, 5.41) is 8.73. The van der Waals surface area contributed by atoms with Crippen molar-refractivity contribution in [2.75, 3.05) is 0 Å². The number of pyridine rings is 1. The summed E-state index contributed by atoms with van der Waals surface area (Å²) >= 11 is 5.67. The van der Waals surface area contributed by atoms with Crippen molar-refractivity contribution >= 4 is 17.6 Å². The zero-order valence-corrected chi connectivity index (χ0v) is 8.01. The van der Waals surface area contributed by atoms with Crippen LogP contribution >= 0.6 is 11.6 Å². The predicted octanol–water partition coefficient (Wildman–Crippen LogP) is 2.39. The normalized spacial score (nSPS) is 10.0. The number of aromatic carboxylic acids is 1. The lowest BCUT2D eigenvalue weighted by molar-refractivity contribution is 0.0696. The van der Waals surface area contributed by atoms with Gasteiger partial charge in [-0.1, -0.05) is 24.9 Å². The van der Waals surface area contributed by atoms with Gasteiger partial charge in [-0.3, -0.25) is 0 Å². The van der Waals surface area contributed by atoms with Crippen LogP contribution in [-0.4, -0.2) is 16.1 Å². The van der Waals surface area contributed by atoms with E-state index in [4.69, 9.17) is 16.7 Å². The molecule has 0 saturated carbocycles. The van der Waals surface area contributed by atoms with Gasteiger partial charge in [-0.2, -0.15) is 0 Å². The van der Waals surface area contributed by atoms with Crippen LogP contribution in [0.1, 0.15) is 29.4 Å². The number of carboxylic acids is 1. The van der Waals surface area contributed by atoms with E-state index < -0.39 is 5.97 Å². The number of aromatic nitrogens is 1. The maximum Gasteiger partial charge on any atom is 0.338 e. The summed E-state index contributed by atoms with van der Waals surface area (Å²) in [6.45, 7) is 2.03. The fourth-order valence-electron chi connectivity index (χ4n) is 1.03. The number of hydrogen-bond acceptors (Lipinski definition) is 2. The highest BCUT2D eigenvalue weighted by Crippen LogP contribution is 2.14. The molecule has 13 heavy (non-hydrogen) atoms. The number of hydrogen-bond donors (Lipinski definition) is 1. The molecule has 0 spiro atoms. The SMILES string of the molecule is CCCc1ccc(C(=O)O)c(Cl)n1. The molecule has 0 aliphatic rings. The van der Waals surface area contributed by atoms with Crippen LogP contribution in [-0.2, 0) is 6.42 Å². The number of aryl methyl sites for hydroxylation is 1. The minimum Gasteiger partial charge on any atom is -0.478 e. The Labute approximate surface area is 81.4 Å². The number of carbonyl (C=O) groups is 1. The number of rotatable bonds is 3. The predicted molar refractivity (Wildman–Crippen MR) is 50.2 cm³/mol. The smallest absolute Gasteiger partial charge is 0.338 e. The summed E-state index contributed by atoms with van der Waals surface area (Å²) in [6, 6.07) is 3.18. The minimum atomic E-state index is -1.04. The van der Waals surface area contributed by atoms with E-state index in [1.165, 1.54) is 6.07 Å². The van der Waals surface area contributed by atoms with E-state index in [0.717, 1.165) is 18.5 Å². The summed E-state index contributed by atoms with van der Waals surface area (Å²) < 4.78 is 0. The van der Waals surface area contributed by atoms with Crippen LogP contribution in [0.3, 0.4) is 0 Å². The molecule has 0 aromatic carbocycles. The lowest BCUT2D eigenvalue weighted by Crippen LogP contribution is -2.00. The molecule has 0 bridgehead atoms. The summed E-state index contributed by atoms with van der Waals surface area (Å²) in [5.74, 6) is -1.04. The van der Waals surface area contributed by atoms with Gasteiger partial charge in [0.15, 0.2) is 0 Å². The van der Waals surface area contributed by atoms with E-state index in [-0.39, 0.29) is 10.7 Å². The molecule has 0 aliphatic carbocycles. The largest absolute Gasteiger partial charge is 0.478 e. The maximum atomic E-state index is 10.6. The first-order valence-corrected chi connectivity index (χ1v) is 4.41. The first-order valence-electron chi connectivity index (χ1n) is 4.04. The second-order valence-electron chi connectivity index (χ2n) is 2.70. The summed E-state index contributed by atoms with van der Waals surface area (Å²) in [4.78, 5) is 14.5. The van der Waals surface area contributed by atoms with Crippen molar-refractivity contribution in [3.05, 3.63) is 28.5 Å². The van der Waals surface area contributed by atoms with Crippen LogP contribution in [0.2, 0.25) is 5.15 Å². The van der Waals surface area contributed by atoms with Crippen LogP contribution in [0.15, 0.2) is 12.1 Å². The van der Waals surface area contributed by atoms with Gasteiger partial charge in [0.1, 0.15) is 5.15 Å². The van der Waals surface area contributed by atoms with Crippen LogP contribution in [0.5, 0.6) is 0 Å². The van der Waals surface area contributed by atoms with Crippen molar-refractivity contribution in [2.45, 2.75) is 19.8 Å². The Kier molecular flexibility index (Phi) is 3.25. The van der Waals surface area contributed by atoms with Gasteiger partial charge < -0.3 is 5.11 Å². The summed E-state index contributed by atoms with van der Waals surface area (Å²) in [5.41, 5.74) is 0.888. The molecule has 0 unspecified atom stereocenters. The second-order valence-corrected chi connectivity index (χ2v) is 3.05. The van der Waals surface area contributed by atoms with Crippen LogP contribution in [0.4, 0.5) is 0 Å². The van der Waals surface area contributed by atoms with E-state index in [9.17, 15) is 4.79 Å². The lowest BCUT2D eigenvalue weighted by atomic mass is 10.2. The monoisotopic (exact) mass is 199 g/mol. The Balaban J connectivity index is 2.98. The molecule has 4 heteroatoms. The van der Waals surface area contributed by atoms with Gasteiger partial charge in [0.2, 0.25) is 0 Å². The Morgan fingerprint density at radius 1 is 1.62 bits per heavy atom. The van der Waals surface area contributed by atoms with E-state index in [1.807, 2.05) is 6.92 Å². The van der Waals surface area contributed by atoms with Crippen molar-refractivity contribution in [1.82, 2.24) is 4.98 Å². The van der Waals surface area contributed by atoms with Crippen molar-refractivity contribution in [3.63, 3.8) is 0 Å². The third-order valence-electron chi connectivity index (χ3n) is 1.64. The van der Waals surface area contributed by atoms with E-state index in [2.05, 4.69) is 4.98 Å². The Hall–Kier alpha value is -1.09. The minimum absolute atomic E-state index is 0.0570. The van der Waals surface area contributed by atoms with Gasteiger partial charge in [-0.05, 0) is 18.6 Å². The fraction of sp³-hybridized carbons (Fsp3) is 0.333. The summed E-state index contributed by atoms with van der Waals surface area (Å²) in [6.07, 6.45) is 1.79.